The van der Waals surface area contributed by atoms with Gasteiger partial charge in [0.1, 0.15) is 0 Å². The van der Waals surface area contributed by atoms with Crippen molar-refractivity contribution in [1.29, 1.82) is 0 Å². The molecule has 0 radical (unpaired) electrons. The Labute approximate surface area is 116 Å². The number of furan rings is 1. The monoisotopic (exact) mass is 273 g/mol. The molecule has 5 heteroatoms. The second-order valence-electron chi connectivity index (χ2n) is 4.27. The van der Waals surface area contributed by atoms with E-state index >= 15 is 0 Å². The average Bonchev–Trinajstić information content (AvgIpc) is 2.95. The molecule has 0 unspecified atom stereocenters. The Morgan fingerprint density at radius 3 is 2.30 bits per heavy atom. The van der Waals surface area contributed by atoms with E-state index < -0.39 is 5.97 Å². The van der Waals surface area contributed by atoms with Gasteiger partial charge in [-0.1, -0.05) is 30.3 Å². The zero-order chi connectivity index (χ0) is 14.5. The highest BCUT2D eigenvalue weighted by atomic mass is 16.4. The number of aromatic carboxylic acids is 1. The maximum Gasteiger partial charge on any atom is 0.371 e. The minimum Gasteiger partial charge on any atom is -0.475 e. The molecule has 0 spiro atoms. The van der Waals surface area contributed by atoms with Crippen LogP contribution in [0.2, 0.25) is 0 Å². The molecule has 0 aliphatic rings. The molecular weight excluding hydrogens is 258 g/mol. The summed E-state index contributed by atoms with van der Waals surface area (Å²) in [5.41, 5.74) is 1.01. The number of carbonyl (C=O) groups excluding carboxylic acids is 1. The number of hydrogen-bond acceptors (Lipinski definition) is 3. The minimum atomic E-state index is -1.19. The molecule has 1 heterocycles. The number of amides is 1. The summed E-state index contributed by atoms with van der Waals surface area (Å²) in [6, 6.07) is 12.3. The Hall–Kier alpha value is -2.56. The molecule has 0 aliphatic heterocycles. The largest absolute Gasteiger partial charge is 0.475 e. The first-order valence-electron chi connectivity index (χ1n) is 6.28. The van der Waals surface area contributed by atoms with Crippen LogP contribution in [0.25, 0.3) is 0 Å². The number of carboxylic acid groups (broad SMARTS) is 1. The standard InChI is InChI=1S/C15H15NO4/c1-2-16(10-11-6-4-3-5-7-11)14(17)12-8-9-13(20-12)15(18)19/h3-9H,2,10H2,1H3,(H,18,19). The van der Waals surface area contributed by atoms with Gasteiger partial charge in [-0.25, -0.2) is 4.79 Å². The third-order valence-electron chi connectivity index (χ3n) is 2.91. The van der Waals surface area contributed by atoms with E-state index in [4.69, 9.17) is 9.52 Å². The van der Waals surface area contributed by atoms with Crippen LogP contribution in [0.1, 0.15) is 33.6 Å². The smallest absolute Gasteiger partial charge is 0.371 e. The van der Waals surface area contributed by atoms with Gasteiger partial charge in [0.25, 0.3) is 5.91 Å². The minimum absolute atomic E-state index is 0.0418. The molecule has 5 nitrogen and oxygen atoms in total. The van der Waals surface area contributed by atoms with Crippen LogP contribution in [-0.2, 0) is 6.54 Å². The summed E-state index contributed by atoms with van der Waals surface area (Å²) in [5, 5.41) is 8.79. The van der Waals surface area contributed by atoms with Gasteiger partial charge in [0.15, 0.2) is 5.76 Å². The molecule has 20 heavy (non-hydrogen) atoms. The molecule has 1 aromatic heterocycles. The van der Waals surface area contributed by atoms with Gasteiger partial charge >= 0.3 is 5.97 Å². The Morgan fingerprint density at radius 2 is 1.75 bits per heavy atom. The van der Waals surface area contributed by atoms with E-state index in [9.17, 15) is 9.59 Å². The fourth-order valence-electron chi connectivity index (χ4n) is 1.85. The predicted molar refractivity (Wildman–Crippen MR) is 72.5 cm³/mol. The van der Waals surface area contributed by atoms with E-state index in [0.29, 0.717) is 13.1 Å². The molecular formula is C15H15NO4. The number of nitrogens with zero attached hydrogens (tertiary/aromatic N) is 1. The van der Waals surface area contributed by atoms with E-state index in [1.807, 2.05) is 37.3 Å². The quantitative estimate of drug-likeness (QED) is 0.909. The first kappa shape index (κ1) is 13.9. The van der Waals surface area contributed by atoms with Gasteiger partial charge in [-0.3, -0.25) is 4.79 Å². The lowest BCUT2D eigenvalue weighted by atomic mass is 10.2. The maximum atomic E-state index is 12.3. The zero-order valence-electron chi connectivity index (χ0n) is 11.1. The summed E-state index contributed by atoms with van der Waals surface area (Å²) in [6.45, 7) is 2.83. The molecule has 0 saturated carbocycles. The third-order valence-corrected chi connectivity index (χ3v) is 2.91. The van der Waals surface area contributed by atoms with Crippen molar-refractivity contribution in [3.05, 3.63) is 59.5 Å². The number of benzene rings is 1. The number of carboxylic acids is 1. The normalized spacial score (nSPS) is 10.2. The summed E-state index contributed by atoms with van der Waals surface area (Å²) in [6.07, 6.45) is 0. The third kappa shape index (κ3) is 3.06. The van der Waals surface area contributed by atoms with Crippen molar-refractivity contribution in [2.24, 2.45) is 0 Å². The zero-order valence-corrected chi connectivity index (χ0v) is 11.1. The van der Waals surface area contributed by atoms with Crippen molar-refractivity contribution in [3.63, 3.8) is 0 Å². The van der Waals surface area contributed by atoms with Crippen molar-refractivity contribution in [1.82, 2.24) is 4.90 Å². The van der Waals surface area contributed by atoms with Crippen molar-refractivity contribution in [3.8, 4) is 0 Å². The number of rotatable bonds is 5. The molecule has 0 saturated heterocycles. The Balaban J connectivity index is 2.14. The molecule has 2 aromatic rings. The number of carbonyl (C=O) groups is 2. The fourth-order valence-corrected chi connectivity index (χ4v) is 1.85. The van der Waals surface area contributed by atoms with E-state index in [-0.39, 0.29) is 17.4 Å². The van der Waals surface area contributed by atoms with E-state index in [1.54, 1.807) is 4.90 Å². The average molecular weight is 273 g/mol. The van der Waals surface area contributed by atoms with Crippen LogP contribution in [0.15, 0.2) is 46.9 Å². The van der Waals surface area contributed by atoms with E-state index in [0.717, 1.165) is 5.56 Å². The maximum absolute atomic E-state index is 12.3. The number of hydrogen-bond donors (Lipinski definition) is 1. The molecule has 0 aliphatic carbocycles. The van der Waals surface area contributed by atoms with Gasteiger partial charge in [-0.05, 0) is 24.6 Å². The second-order valence-corrected chi connectivity index (χ2v) is 4.27. The summed E-state index contributed by atoms with van der Waals surface area (Å²) in [4.78, 5) is 24.6. The Bertz CT molecular complexity index is 603. The van der Waals surface area contributed by atoms with E-state index in [1.165, 1.54) is 12.1 Å². The topological polar surface area (TPSA) is 70.8 Å². The molecule has 1 N–H and O–H groups in total. The van der Waals surface area contributed by atoms with Crippen LogP contribution in [0.3, 0.4) is 0 Å². The highest BCUT2D eigenvalue weighted by Gasteiger charge is 2.20. The molecule has 2 rings (SSSR count). The lowest BCUT2D eigenvalue weighted by molar-refractivity contribution is 0.0649. The SMILES string of the molecule is CCN(Cc1ccccc1)C(=O)c1ccc(C(=O)O)o1. The highest BCUT2D eigenvalue weighted by molar-refractivity contribution is 5.93. The lowest BCUT2D eigenvalue weighted by Gasteiger charge is -2.19. The van der Waals surface area contributed by atoms with Crippen LogP contribution < -0.4 is 0 Å². The lowest BCUT2D eigenvalue weighted by Crippen LogP contribution is -2.30. The van der Waals surface area contributed by atoms with Crippen molar-refractivity contribution < 1.29 is 19.1 Å². The van der Waals surface area contributed by atoms with Gasteiger partial charge < -0.3 is 14.4 Å². The Kier molecular flexibility index (Phi) is 4.20. The predicted octanol–water partition coefficient (Wildman–Crippen LogP) is 2.64. The first-order chi connectivity index (χ1) is 9.61. The van der Waals surface area contributed by atoms with Crippen LogP contribution in [0, 0.1) is 0 Å². The van der Waals surface area contributed by atoms with Crippen LogP contribution >= 0.6 is 0 Å². The molecule has 1 aromatic carbocycles. The highest BCUT2D eigenvalue weighted by Crippen LogP contribution is 2.13. The summed E-state index contributed by atoms with van der Waals surface area (Å²) in [5.74, 6) is -1.69. The Morgan fingerprint density at radius 1 is 1.10 bits per heavy atom. The second kappa shape index (κ2) is 6.06. The first-order valence-corrected chi connectivity index (χ1v) is 6.28. The van der Waals surface area contributed by atoms with Crippen LogP contribution in [0.4, 0.5) is 0 Å². The van der Waals surface area contributed by atoms with E-state index in [2.05, 4.69) is 0 Å². The summed E-state index contributed by atoms with van der Waals surface area (Å²) >= 11 is 0. The molecule has 1 amide bonds. The van der Waals surface area contributed by atoms with Crippen LogP contribution in [-0.4, -0.2) is 28.4 Å². The summed E-state index contributed by atoms with van der Waals surface area (Å²) in [7, 11) is 0. The van der Waals surface area contributed by atoms with Gasteiger partial charge in [-0.2, -0.15) is 0 Å². The van der Waals surface area contributed by atoms with Crippen molar-refractivity contribution >= 4 is 11.9 Å². The van der Waals surface area contributed by atoms with Gasteiger partial charge in [-0.15, -0.1) is 0 Å². The molecule has 104 valence electrons. The van der Waals surface area contributed by atoms with Crippen LogP contribution in [0.5, 0.6) is 0 Å². The van der Waals surface area contributed by atoms with Gasteiger partial charge in [0, 0.05) is 13.1 Å². The van der Waals surface area contributed by atoms with Gasteiger partial charge in [0.2, 0.25) is 5.76 Å². The molecule has 0 bridgehead atoms. The summed E-state index contributed by atoms with van der Waals surface area (Å²) < 4.78 is 5.04. The fraction of sp³-hybridized carbons (Fsp3) is 0.200. The van der Waals surface area contributed by atoms with Crippen molar-refractivity contribution in [2.45, 2.75) is 13.5 Å². The molecule has 0 atom stereocenters. The van der Waals surface area contributed by atoms with Gasteiger partial charge in [0.05, 0.1) is 0 Å². The molecule has 0 fully saturated rings. The van der Waals surface area contributed by atoms with Crippen molar-refractivity contribution in [2.75, 3.05) is 6.54 Å².